The highest BCUT2D eigenvalue weighted by atomic mass is 16.1. The van der Waals surface area contributed by atoms with E-state index in [-0.39, 0.29) is 5.48 Å². The molecule has 0 bridgehead atoms. The zero-order valence-electron chi connectivity index (χ0n) is 1.86. The second-order valence-corrected chi connectivity index (χ2v) is 0.102. The van der Waals surface area contributed by atoms with Gasteiger partial charge in [0.15, 0.2) is 0 Å². The molecule has 0 rings (SSSR count). The van der Waals surface area contributed by atoms with Gasteiger partial charge in [-0.25, -0.2) is 10.2 Å². The molecule has 0 atom stereocenters. The minimum Gasteiger partial charge on any atom is -0.255 e. The average molecular weight is 60.0 g/mol. The number of nitrogens with one attached hydrogen (secondary N) is 1. The molecule has 0 spiro atoms. The molecule has 3 nitrogen and oxygen atoms in total. The normalized spacial score (nSPS) is 2.00. The van der Waals surface area contributed by atoms with Crippen LogP contribution in [0.15, 0.2) is 0 Å². The Morgan fingerprint density at radius 3 is 1.75 bits per heavy atom. The Morgan fingerprint density at radius 1 is 1.75 bits per heavy atom. The van der Waals surface area contributed by atoms with Gasteiger partial charge in [0.05, 0.1) is 0 Å². The first-order valence-corrected chi connectivity index (χ1v) is 0.454. The molecule has 2 N–H and O–H groups in total. The molecule has 0 aliphatic rings. The number of hydrogen-bond donors (Lipinski definition) is 2. The van der Waals surface area contributed by atoms with E-state index in [9.17, 15) is 0 Å². The second-order valence-electron chi connectivity index (χ2n) is 0.102. The average Bonchev–Trinajstić information content (AvgIpc) is 0.918. The molecule has 0 amide bonds. The minimum absolute atomic E-state index is 0. The van der Waals surface area contributed by atoms with Crippen LogP contribution in [0.1, 0.15) is 0 Å². The predicted molar refractivity (Wildman–Crippen MR) is 10.3 cm³/mol. The number of isocyanates is 1. The second kappa shape index (κ2) is 36.3. The maximum absolute atomic E-state index is 8.35. The Hall–Kier alpha value is -0.660. The summed E-state index contributed by atoms with van der Waals surface area (Å²) in [6.45, 7) is 0. The summed E-state index contributed by atoms with van der Waals surface area (Å²) in [5.74, 6) is 0. The topological polar surface area (TPSA) is 70.9 Å². The van der Waals surface area contributed by atoms with Gasteiger partial charge in [0, 0.05) is 0 Å². The van der Waals surface area contributed by atoms with Crippen LogP contribution in [0.4, 0.5) is 0 Å². The molecule has 1 radical (unpaired) electrons. The predicted octanol–water partition coefficient (Wildman–Crippen LogP) is -0.276. The van der Waals surface area contributed by atoms with Crippen LogP contribution in [0, 0.1) is 5.41 Å². The number of rotatable bonds is 0. The van der Waals surface area contributed by atoms with Gasteiger partial charge in [0.2, 0.25) is 6.08 Å². The van der Waals surface area contributed by atoms with Crippen LogP contribution in [-0.2, 0) is 4.79 Å². The van der Waals surface area contributed by atoms with Crippen molar-refractivity contribution < 1.29 is 10.3 Å². The van der Waals surface area contributed by atoms with Gasteiger partial charge in [-0.2, -0.15) is 0 Å². The van der Waals surface area contributed by atoms with Crippen LogP contribution in [0.25, 0.3) is 0 Å². The lowest BCUT2D eigenvalue weighted by Crippen LogP contribution is -1.16. The summed E-state index contributed by atoms with van der Waals surface area (Å²) in [7, 11) is 0. The Balaban J connectivity index is 0. The van der Waals surface area contributed by atoms with Crippen LogP contribution < -0.4 is 0 Å². The summed E-state index contributed by atoms with van der Waals surface area (Å²) in [4.78, 5) is 8.35. The molecule has 0 aromatic heterocycles. The van der Waals surface area contributed by atoms with Gasteiger partial charge in [-0.15, -0.1) is 0 Å². The smallest absolute Gasteiger partial charge is 0.231 e. The van der Waals surface area contributed by atoms with Gasteiger partial charge in [0.25, 0.3) is 0 Å². The Bertz CT molecular complexity index is 27.0. The number of hydrogen-bond acceptors (Lipinski definition) is 2. The molecule has 0 aromatic carbocycles. The van der Waals surface area contributed by atoms with Crippen LogP contribution >= 0.6 is 0 Å². The first-order chi connectivity index (χ1) is 1.41. The molecule has 0 unspecified atom stereocenters. The maximum Gasteiger partial charge on any atom is 0.231 e. The van der Waals surface area contributed by atoms with E-state index >= 15 is 0 Å². The highest BCUT2D eigenvalue weighted by molar-refractivity contribution is 5.26. The third-order valence-corrected chi connectivity index (χ3v) is 0. The van der Waals surface area contributed by atoms with Gasteiger partial charge >= 0.3 is 0 Å². The maximum atomic E-state index is 8.35. The molecule has 3 heteroatoms. The summed E-state index contributed by atoms with van der Waals surface area (Å²) in [5.41, 5.74) is 0. The molecule has 0 aliphatic carbocycles. The van der Waals surface area contributed by atoms with E-state index in [4.69, 9.17) is 10.2 Å². The summed E-state index contributed by atoms with van der Waals surface area (Å²) in [5, 5.41) is 5.40. The Kier molecular flexibility index (Phi) is 92.5. The van der Waals surface area contributed by atoms with Crippen molar-refractivity contribution in [2.24, 2.45) is 0 Å². The standard InChI is InChI=1S/CHNO.HO/c2-1-3;/h2H;1H. The van der Waals surface area contributed by atoms with Crippen molar-refractivity contribution in [2.75, 3.05) is 0 Å². The SMILES string of the molecule is N=C=O.[OH]. The van der Waals surface area contributed by atoms with Crippen LogP contribution in [0.3, 0.4) is 0 Å². The van der Waals surface area contributed by atoms with Crippen molar-refractivity contribution in [1.29, 1.82) is 5.41 Å². The summed E-state index contributed by atoms with van der Waals surface area (Å²) in [6, 6.07) is 0. The molecule has 0 saturated carbocycles. The minimum atomic E-state index is 0. The van der Waals surface area contributed by atoms with Crippen LogP contribution in [-0.4, -0.2) is 11.6 Å². The highest BCUT2D eigenvalue weighted by Gasteiger charge is 1.03. The molecule has 4 heavy (non-hydrogen) atoms. The van der Waals surface area contributed by atoms with Crippen molar-refractivity contribution in [1.82, 2.24) is 0 Å². The van der Waals surface area contributed by atoms with Gasteiger partial charge in [0.1, 0.15) is 0 Å². The van der Waals surface area contributed by atoms with Gasteiger partial charge < -0.3 is 0 Å². The molecular weight excluding hydrogens is 58.0 g/mol. The third kappa shape index (κ3) is 0.356. The molecule has 0 aromatic rings. The summed E-state index contributed by atoms with van der Waals surface area (Å²) >= 11 is 0. The van der Waals surface area contributed by atoms with E-state index in [0.29, 0.717) is 0 Å². The van der Waals surface area contributed by atoms with Crippen molar-refractivity contribution >= 4 is 6.08 Å². The number of carbonyl (C=O) groups excluding carboxylic acids is 1. The zero-order valence-corrected chi connectivity index (χ0v) is 1.86. The van der Waals surface area contributed by atoms with E-state index in [0.717, 1.165) is 6.08 Å². The van der Waals surface area contributed by atoms with E-state index in [1.165, 1.54) is 0 Å². The molecule has 0 heterocycles. The lowest BCUT2D eigenvalue weighted by molar-refractivity contribution is 0.563. The van der Waals surface area contributed by atoms with E-state index in [1.54, 1.807) is 0 Å². The Morgan fingerprint density at radius 2 is 1.75 bits per heavy atom. The fourth-order valence-electron chi connectivity index (χ4n) is 0. The third-order valence-electron chi connectivity index (χ3n) is 0. The van der Waals surface area contributed by atoms with Gasteiger partial charge in [-0.3, -0.25) is 5.48 Å². The Labute approximate surface area is 23.1 Å². The fraction of sp³-hybridized carbons (Fsp3) is 0. The van der Waals surface area contributed by atoms with Crippen LogP contribution in [0.2, 0.25) is 0 Å². The van der Waals surface area contributed by atoms with Crippen molar-refractivity contribution in [3.05, 3.63) is 0 Å². The zero-order chi connectivity index (χ0) is 2.71. The molecule has 23 valence electrons. The summed E-state index contributed by atoms with van der Waals surface area (Å²) in [6.07, 6.45) is 0.750. The highest BCUT2D eigenvalue weighted by Crippen LogP contribution is 0.868. The lowest BCUT2D eigenvalue weighted by Gasteiger charge is -1.02. The lowest BCUT2D eigenvalue weighted by atomic mass is 11.7. The van der Waals surface area contributed by atoms with E-state index in [2.05, 4.69) is 0 Å². The molecular formula is CH2NO2. The van der Waals surface area contributed by atoms with Gasteiger partial charge in [-0.1, -0.05) is 0 Å². The fourth-order valence-corrected chi connectivity index (χ4v) is 0. The van der Waals surface area contributed by atoms with Crippen molar-refractivity contribution in [3.63, 3.8) is 0 Å². The molecule has 0 fully saturated rings. The van der Waals surface area contributed by atoms with E-state index in [1.807, 2.05) is 0 Å². The quantitative estimate of drug-likeness (QED) is 0.293. The molecule has 0 saturated heterocycles. The van der Waals surface area contributed by atoms with E-state index < -0.39 is 0 Å². The first kappa shape index (κ1) is 10.2. The van der Waals surface area contributed by atoms with Crippen molar-refractivity contribution in [3.8, 4) is 0 Å². The van der Waals surface area contributed by atoms with Crippen LogP contribution in [0.5, 0.6) is 0 Å². The largest absolute Gasteiger partial charge is 0.255 e. The van der Waals surface area contributed by atoms with Crippen molar-refractivity contribution in [2.45, 2.75) is 0 Å². The first-order valence-electron chi connectivity index (χ1n) is 0.454. The molecule has 0 aliphatic heterocycles. The monoisotopic (exact) mass is 60.0 g/mol. The summed E-state index contributed by atoms with van der Waals surface area (Å²) < 4.78 is 0. The van der Waals surface area contributed by atoms with Gasteiger partial charge in [-0.05, 0) is 0 Å².